The Morgan fingerprint density at radius 1 is 0.935 bits per heavy atom. The number of amides is 4. The summed E-state index contributed by atoms with van der Waals surface area (Å²) in [6.07, 6.45) is -0.890. The SMILES string of the molecule is CC(O)C(NC(=O)C(N)CC(N)=O)C(=O)NC(CCCCN)C(=O)NC(CO)C(=O)O. The number of carbonyl (C=O) groups is 5. The van der Waals surface area contributed by atoms with Crippen LogP contribution in [-0.4, -0.2) is 88.3 Å². The number of unbranched alkanes of at least 4 members (excludes halogenated alkanes) is 1. The summed E-state index contributed by atoms with van der Waals surface area (Å²) >= 11 is 0. The molecule has 0 aromatic carbocycles. The van der Waals surface area contributed by atoms with Gasteiger partial charge in [0.05, 0.1) is 25.2 Å². The number of nitrogens with two attached hydrogens (primary N) is 3. The number of aliphatic hydroxyl groups excluding tert-OH is 2. The molecule has 5 unspecified atom stereocenters. The molecule has 0 rings (SSSR count). The van der Waals surface area contributed by atoms with Crippen LogP contribution >= 0.6 is 0 Å². The lowest BCUT2D eigenvalue weighted by molar-refractivity contribution is -0.143. The number of carboxylic acid groups (broad SMARTS) is 1. The Morgan fingerprint density at radius 2 is 1.52 bits per heavy atom. The Morgan fingerprint density at radius 3 is 1.97 bits per heavy atom. The fourth-order valence-corrected chi connectivity index (χ4v) is 2.46. The van der Waals surface area contributed by atoms with E-state index >= 15 is 0 Å². The molecule has 0 radical (unpaired) electrons. The second-order valence-electron chi connectivity index (χ2n) is 6.93. The van der Waals surface area contributed by atoms with Crippen LogP contribution in [0.5, 0.6) is 0 Å². The predicted molar refractivity (Wildman–Crippen MR) is 107 cm³/mol. The summed E-state index contributed by atoms with van der Waals surface area (Å²) in [5.74, 6) is -5.06. The van der Waals surface area contributed by atoms with Crippen molar-refractivity contribution in [1.82, 2.24) is 16.0 Å². The molecular weight excluding hydrogens is 416 g/mol. The van der Waals surface area contributed by atoms with Crippen molar-refractivity contribution in [3.63, 3.8) is 0 Å². The van der Waals surface area contributed by atoms with E-state index in [-0.39, 0.29) is 6.42 Å². The van der Waals surface area contributed by atoms with E-state index in [9.17, 15) is 29.1 Å². The van der Waals surface area contributed by atoms with Gasteiger partial charge in [-0.05, 0) is 32.7 Å². The summed E-state index contributed by atoms with van der Waals surface area (Å²) in [4.78, 5) is 59.0. The van der Waals surface area contributed by atoms with Crippen molar-refractivity contribution in [3.8, 4) is 0 Å². The van der Waals surface area contributed by atoms with Crippen LogP contribution in [0.25, 0.3) is 0 Å². The number of nitrogens with one attached hydrogen (secondary N) is 3. The molecule has 12 N–H and O–H groups in total. The van der Waals surface area contributed by atoms with Gasteiger partial charge in [0.15, 0.2) is 0 Å². The maximum atomic E-state index is 12.6. The molecule has 0 saturated heterocycles. The van der Waals surface area contributed by atoms with Crippen molar-refractivity contribution in [2.75, 3.05) is 13.2 Å². The van der Waals surface area contributed by atoms with E-state index < -0.39 is 72.9 Å². The van der Waals surface area contributed by atoms with E-state index in [1.165, 1.54) is 6.92 Å². The number of carbonyl (C=O) groups excluding carboxylic acids is 4. The Balaban J connectivity index is 5.34. The van der Waals surface area contributed by atoms with Crippen LogP contribution in [0.4, 0.5) is 0 Å². The number of primary amides is 1. The van der Waals surface area contributed by atoms with Crippen LogP contribution in [-0.2, 0) is 24.0 Å². The van der Waals surface area contributed by atoms with Gasteiger partial charge in [-0.15, -0.1) is 0 Å². The normalized spacial score (nSPS) is 15.6. The number of hydrogen-bond donors (Lipinski definition) is 9. The fraction of sp³-hybridized carbons (Fsp3) is 0.706. The average Bonchev–Trinajstić information content (AvgIpc) is 2.67. The smallest absolute Gasteiger partial charge is 0.328 e. The minimum atomic E-state index is -1.58. The first-order valence-electron chi connectivity index (χ1n) is 9.61. The maximum absolute atomic E-state index is 12.6. The zero-order chi connectivity index (χ0) is 24.1. The van der Waals surface area contributed by atoms with Crippen LogP contribution in [0, 0.1) is 0 Å². The van der Waals surface area contributed by atoms with E-state index in [2.05, 4.69) is 16.0 Å². The molecule has 0 saturated carbocycles. The van der Waals surface area contributed by atoms with Crippen LogP contribution < -0.4 is 33.2 Å². The third-order valence-electron chi connectivity index (χ3n) is 4.20. The molecule has 0 spiro atoms. The lowest BCUT2D eigenvalue weighted by Gasteiger charge is -2.26. The van der Waals surface area contributed by atoms with Crippen molar-refractivity contribution in [2.45, 2.75) is 62.9 Å². The van der Waals surface area contributed by atoms with Gasteiger partial charge in [0, 0.05) is 0 Å². The minimum absolute atomic E-state index is 0.0776. The molecule has 31 heavy (non-hydrogen) atoms. The molecule has 0 aromatic rings. The number of aliphatic hydroxyl groups is 2. The first-order chi connectivity index (χ1) is 14.4. The molecule has 14 nitrogen and oxygen atoms in total. The van der Waals surface area contributed by atoms with E-state index in [0.717, 1.165) is 0 Å². The Labute approximate surface area is 178 Å². The third kappa shape index (κ3) is 10.7. The second-order valence-corrected chi connectivity index (χ2v) is 6.93. The standard InChI is InChI=1S/C17H32N6O8/c1-8(25)13(23-14(27)9(19)6-12(20)26)16(29)21-10(4-2-3-5-18)15(28)22-11(7-24)17(30)31/h8-11,13,24-25H,2-7,18-19H2,1H3,(H2,20,26)(H,21,29)(H,22,28)(H,23,27)(H,30,31). The first kappa shape index (κ1) is 28.2. The maximum Gasteiger partial charge on any atom is 0.328 e. The first-order valence-corrected chi connectivity index (χ1v) is 9.61. The van der Waals surface area contributed by atoms with Gasteiger partial charge in [-0.1, -0.05) is 0 Å². The molecule has 5 atom stereocenters. The van der Waals surface area contributed by atoms with E-state index in [1.54, 1.807) is 0 Å². The number of rotatable bonds is 15. The highest BCUT2D eigenvalue weighted by atomic mass is 16.4. The van der Waals surface area contributed by atoms with E-state index in [4.69, 9.17) is 27.4 Å². The number of hydrogen-bond acceptors (Lipinski definition) is 9. The highest BCUT2D eigenvalue weighted by Gasteiger charge is 2.32. The molecule has 0 fully saturated rings. The van der Waals surface area contributed by atoms with Crippen LogP contribution in [0.2, 0.25) is 0 Å². The molecule has 4 amide bonds. The van der Waals surface area contributed by atoms with Gasteiger partial charge in [-0.25, -0.2) is 4.79 Å². The summed E-state index contributed by atoms with van der Waals surface area (Å²) in [7, 11) is 0. The highest BCUT2D eigenvalue weighted by molar-refractivity contribution is 5.95. The van der Waals surface area contributed by atoms with E-state index in [0.29, 0.717) is 19.4 Å². The van der Waals surface area contributed by atoms with E-state index in [1.807, 2.05) is 0 Å². The van der Waals surface area contributed by atoms with Gasteiger partial charge in [-0.3, -0.25) is 19.2 Å². The minimum Gasteiger partial charge on any atom is -0.480 e. The van der Waals surface area contributed by atoms with Gasteiger partial charge in [0.25, 0.3) is 0 Å². The van der Waals surface area contributed by atoms with Crippen LogP contribution in [0.3, 0.4) is 0 Å². The largest absolute Gasteiger partial charge is 0.480 e. The quantitative estimate of drug-likeness (QED) is 0.108. The zero-order valence-electron chi connectivity index (χ0n) is 17.2. The van der Waals surface area contributed by atoms with Crippen LogP contribution in [0.15, 0.2) is 0 Å². The van der Waals surface area contributed by atoms with Crippen molar-refractivity contribution < 1.29 is 39.3 Å². The monoisotopic (exact) mass is 448 g/mol. The third-order valence-corrected chi connectivity index (χ3v) is 4.20. The van der Waals surface area contributed by atoms with Crippen molar-refractivity contribution in [1.29, 1.82) is 0 Å². The number of aliphatic carboxylic acids is 1. The summed E-state index contributed by atoms with van der Waals surface area (Å²) < 4.78 is 0. The summed E-state index contributed by atoms with van der Waals surface area (Å²) in [5, 5.41) is 34.5. The molecular formula is C17H32N6O8. The van der Waals surface area contributed by atoms with Gasteiger partial charge >= 0.3 is 5.97 Å². The lowest BCUT2D eigenvalue weighted by atomic mass is 10.1. The van der Waals surface area contributed by atoms with Crippen molar-refractivity contribution in [2.24, 2.45) is 17.2 Å². The molecule has 0 heterocycles. The summed E-state index contributed by atoms with van der Waals surface area (Å²) in [5.41, 5.74) is 15.9. The Hall–Kier alpha value is -2.81. The zero-order valence-corrected chi connectivity index (χ0v) is 17.2. The van der Waals surface area contributed by atoms with Gasteiger partial charge in [-0.2, -0.15) is 0 Å². The molecule has 14 heteroatoms. The van der Waals surface area contributed by atoms with Crippen molar-refractivity contribution in [3.05, 3.63) is 0 Å². The number of carboxylic acids is 1. The second kappa shape index (κ2) is 14.2. The molecule has 0 aliphatic heterocycles. The molecule has 0 aliphatic rings. The molecule has 178 valence electrons. The van der Waals surface area contributed by atoms with Gasteiger partial charge in [0.2, 0.25) is 23.6 Å². The molecule has 0 aliphatic carbocycles. The molecule has 0 bridgehead atoms. The fourth-order valence-electron chi connectivity index (χ4n) is 2.46. The average molecular weight is 448 g/mol. The lowest BCUT2D eigenvalue weighted by Crippen LogP contribution is -2.60. The van der Waals surface area contributed by atoms with Gasteiger partial charge in [0.1, 0.15) is 18.1 Å². The summed E-state index contributed by atoms with van der Waals surface area (Å²) in [6.45, 7) is 0.662. The Bertz CT molecular complexity index is 644. The highest BCUT2D eigenvalue weighted by Crippen LogP contribution is 2.04. The topological polar surface area (TPSA) is 260 Å². The predicted octanol–water partition coefficient (Wildman–Crippen LogP) is -4.77. The molecule has 0 aromatic heterocycles. The van der Waals surface area contributed by atoms with Crippen molar-refractivity contribution >= 4 is 29.6 Å². The Kier molecular flexibility index (Phi) is 12.9. The summed E-state index contributed by atoms with van der Waals surface area (Å²) in [6, 6.07) is -5.69. The van der Waals surface area contributed by atoms with Crippen LogP contribution in [0.1, 0.15) is 32.6 Å². The van der Waals surface area contributed by atoms with Gasteiger partial charge < -0.3 is 48.5 Å².